The van der Waals surface area contributed by atoms with E-state index >= 15 is 0 Å². The summed E-state index contributed by atoms with van der Waals surface area (Å²) >= 11 is 3.08. The Morgan fingerprint density at radius 3 is 2.86 bits per heavy atom. The Kier molecular flexibility index (Phi) is 5.15. The molecule has 2 unspecified atom stereocenters. The van der Waals surface area contributed by atoms with Gasteiger partial charge in [-0.1, -0.05) is 11.3 Å². The standard InChI is InChI=1S/C21H23N3O3S2/c1-26-18-17-3-2-7-22-19(17)29-20(18)27-21(25)23-14-9-15-4-5-16(10-14)24(15)11-13-6-8-28-12-13/h2-3,6-8,12,14-16H,4-5,9-11H2,1H3,(H,23,25). The van der Waals surface area contributed by atoms with Crippen LogP contribution in [-0.4, -0.2) is 41.2 Å². The molecule has 6 nitrogen and oxygen atoms in total. The number of carbonyl (C=O) groups is 1. The van der Waals surface area contributed by atoms with Gasteiger partial charge < -0.3 is 14.8 Å². The van der Waals surface area contributed by atoms with Crippen LogP contribution in [0.2, 0.25) is 0 Å². The van der Waals surface area contributed by atoms with Crippen LogP contribution < -0.4 is 14.8 Å². The molecule has 0 aromatic carbocycles. The van der Waals surface area contributed by atoms with E-state index in [2.05, 4.69) is 32.0 Å². The lowest BCUT2D eigenvalue weighted by atomic mass is 9.97. The molecule has 3 aromatic rings. The van der Waals surface area contributed by atoms with Crippen molar-refractivity contribution < 1.29 is 14.3 Å². The van der Waals surface area contributed by atoms with Crippen LogP contribution in [-0.2, 0) is 6.54 Å². The molecular formula is C21H23N3O3S2. The van der Waals surface area contributed by atoms with Crippen LogP contribution in [0.5, 0.6) is 10.8 Å². The van der Waals surface area contributed by atoms with Crippen LogP contribution in [0.25, 0.3) is 10.2 Å². The zero-order valence-electron chi connectivity index (χ0n) is 16.2. The van der Waals surface area contributed by atoms with Crippen LogP contribution in [0.1, 0.15) is 31.2 Å². The van der Waals surface area contributed by atoms with Crippen molar-refractivity contribution in [1.29, 1.82) is 0 Å². The van der Waals surface area contributed by atoms with Gasteiger partial charge in [-0.25, -0.2) is 9.78 Å². The SMILES string of the molecule is COc1c(OC(=O)NC2CC3CCC(C2)N3Cc2ccsc2)sc2ncccc12. The molecule has 152 valence electrons. The number of hydrogen-bond acceptors (Lipinski definition) is 7. The van der Waals surface area contributed by atoms with Crippen molar-refractivity contribution >= 4 is 39.0 Å². The molecule has 5 heterocycles. The highest BCUT2D eigenvalue weighted by molar-refractivity contribution is 7.20. The van der Waals surface area contributed by atoms with Gasteiger partial charge in [0.05, 0.1) is 12.5 Å². The first-order chi connectivity index (χ1) is 14.2. The monoisotopic (exact) mass is 429 g/mol. The van der Waals surface area contributed by atoms with Gasteiger partial charge in [0, 0.05) is 30.9 Å². The van der Waals surface area contributed by atoms with Crippen LogP contribution in [0.15, 0.2) is 35.2 Å². The quantitative estimate of drug-likeness (QED) is 0.640. The first kappa shape index (κ1) is 18.8. The molecule has 2 aliphatic rings. The number of methoxy groups -OCH3 is 1. The van der Waals surface area contributed by atoms with Crippen LogP contribution in [0.3, 0.4) is 0 Å². The number of nitrogens with one attached hydrogen (secondary N) is 1. The molecule has 1 N–H and O–H groups in total. The topological polar surface area (TPSA) is 63.7 Å². The van der Waals surface area contributed by atoms with Gasteiger partial charge in [-0.2, -0.15) is 11.3 Å². The molecule has 2 fully saturated rings. The smallest absolute Gasteiger partial charge is 0.413 e. The predicted molar refractivity (Wildman–Crippen MR) is 115 cm³/mol. The van der Waals surface area contributed by atoms with E-state index in [9.17, 15) is 4.79 Å². The van der Waals surface area contributed by atoms with Gasteiger partial charge in [0.2, 0.25) is 5.06 Å². The number of nitrogens with zero attached hydrogens (tertiary/aromatic N) is 2. The van der Waals surface area contributed by atoms with E-state index in [0.29, 0.717) is 22.9 Å². The maximum Gasteiger partial charge on any atom is 0.413 e. The number of carbonyl (C=O) groups excluding carboxylic acids is 1. The molecule has 5 rings (SSSR count). The minimum atomic E-state index is -0.412. The fourth-order valence-electron chi connectivity index (χ4n) is 4.67. The Morgan fingerprint density at radius 2 is 2.14 bits per heavy atom. The minimum Gasteiger partial charge on any atom is -0.491 e. The molecule has 2 atom stereocenters. The second kappa shape index (κ2) is 7.93. The maximum absolute atomic E-state index is 12.6. The predicted octanol–water partition coefficient (Wildman–Crippen LogP) is 4.65. The summed E-state index contributed by atoms with van der Waals surface area (Å²) in [4.78, 5) is 20.3. The molecule has 8 heteroatoms. The second-order valence-electron chi connectivity index (χ2n) is 7.67. The second-order valence-corrected chi connectivity index (χ2v) is 9.41. The summed E-state index contributed by atoms with van der Waals surface area (Å²) in [6, 6.07) is 7.19. The Balaban J connectivity index is 1.22. The van der Waals surface area contributed by atoms with Crippen molar-refractivity contribution in [3.05, 3.63) is 40.7 Å². The van der Waals surface area contributed by atoms with Gasteiger partial charge in [0.25, 0.3) is 0 Å². The van der Waals surface area contributed by atoms with E-state index in [1.807, 2.05) is 12.1 Å². The lowest BCUT2D eigenvalue weighted by molar-refractivity contribution is 0.107. The fraction of sp³-hybridized carbons (Fsp3) is 0.429. The minimum absolute atomic E-state index is 0.150. The van der Waals surface area contributed by atoms with Crippen molar-refractivity contribution in [1.82, 2.24) is 15.2 Å². The molecule has 0 aliphatic carbocycles. The van der Waals surface area contributed by atoms with Crippen molar-refractivity contribution in [2.75, 3.05) is 7.11 Å². The zero-order chi connectivity index (χ0) is 19.8. The third kappa shape index (κ3) is 3.72. The number of fused-ring (bicyclic) bond motifs is 3. The summed E-state index contributed by atoms with van der Waals surface area (Å²) < 4.78 is 11.1. The Hall–Kier alpha value is -2.16. The Bertz CT molecular complexity index is 990. The van der Waals surface area contributed by atoms with Gasteiger partial charge in [-0.05, 0) is 60.2 Å². The molecule has 0 spiro atoms. The molecule has 2 saturated heterocycles. The normalized spacial score (nSPS) is 24.0. The number of rotatable bonds is 5. The molecule has 29 heavy (non-hydrogen) atoms. The number of ether oxygens (including phenoxy) is 2. The third-order valence-electron chi connectivity index (χ3n) is 5.93. The maximum atomic E-state index is 12.6. The first-order valence-electron chi connectivity index (χ1n) is 9.88. The fourth-order valence-corrected chi connectivity index (χ4v) is 6.30. The number of hydrogen-bond donors (Lipinski definition) is 1. The lowest BCUT2D eigenvalue weighted by Crippen LogP contribution is -2.50. The van der Waals surface area contributed by atoms with Crippen LogP contribution in [0.4, 0.5) is 4.79 Å². The van der Waals surface area contributed by atoms with Crippen molar-refractivity contribution in [2.24, 2.45) is 0 Å². The first-order valence-corrected chi connectivity index (χ1v) is 11.6. The summed E-state index contributed by atoms with van der Waals surface area (Å²) in [5.41, 5.74) is 1.39. The zero-order valence-corrected chi connectivity index (χ0v) is 17.8. The molecule has 2 aliphatic heterocycles. The summed E-state index contributed by atoms with van der Waals surface area (Å²) in [5.74, 6) is 0.568. The Labute approximate surface area is 177 Å². The van der Waals surface area contributed by atoms with Gasteiger partial charge in [0.15, 0.2) is 5.75 Å². The van der Waals surface area contributed by atoms with Gasteiger partial charge in [0.1, 0.15) is 4.83 Å². The van der Waals surface area contributed by atoms with Crippen molar-refractivity contribution in [2.45, 2.75) is 50.4 Å². The van der Waals surface area contributed by atoms with E-state index in [0.717, 1.165) is 29.6 Å². The summed E-state index contributed by atoms with van der Waals surface area (Å²) in [7, 11) is 1.58. The summed E-state index contributed by atoms with van der Waals surface area (Å²) in [6.45, 7) is 1.02. The van der Waals surface area contributed by atoms with E-state index < -0.39 is 6.09 Å². The third-order valence-corrected chi connectivity index (χ3v) is 7.64. The molecule has 0 saturated carbocycles. The number of aromatic nitrogens is 1. The summed E-state index contributed by atoms with van der Waals surface area (Å²) in [6.07, 6.45) is 5.67. The number of amides is 1. The van der Waals surface area contributed by atoms with Crippen LogP contribution in [0, 0.1) is 0 Å². The van der Waals surface area contributed by atoms with Gasteiger partial charge in [-0.15, -0.1) is 0 Å². The lowest BCUT2D eigenvalue weighted by Gasteiger charge is -2.38. The van der Waals surface area contributed by atoms with E-state index in [-0.39, 0.29) is 6.04 Å². The average molecular weight is 430 g/mol. The van der Waals surface area contributed by atoms with Crippen LogP contribution >= 0.6 is 22.7 Å². The van der Waals surface area contributed by atoms with Crippen molar-refractivity contribution in [3.8, 4) is 10.8 Å². The van der Waals surface area contributed by atoms with E-state index in [4.69, 9.17) is 9.47 Å². The Morgan fingerprint density at radius 1 is 1.31 bits per heavy atom. The highest BCUT2D eigenvalue weighted by atomic mass is 32.1. The van der Waals surface area contributed by atoms with Gasteiger partial charge in [-0.3, -0.25) is 4.90 Å². The molecule has 3 aromatic heterocycles. The average Bonchev–Trinajstić information content (AvgIpc) is 3.39. The molecule has 0 radical (unpaired) electrons. The highest BCUT2D eigenvalue weighted by Crippen LogP contribution is 2.43. The number of pyridine rings is 1. The number of thiophene rings is 2. The van der Waals surface area contributed by atoms with Gasteiger partial charge >= 0.3 is 6.09 Å². The molecule has 2 bridgehead atoms. The highest BCUT2D eigenvalue weighted by Gasteiger charge is 2.41. The number of piperidine rings is 1. The molecular weight excluding hydrogens is 406 g/mol. The van der Waals surface area contributed by atoms with Crippen molar-refractivity contribution in [3.63, 3.8) is 0 Å². The van der Waals surface area contributed by atoms with E-state index in [1.165, 1.54) is 29.7 Å². The largest absolute Gasteiger partial charge is 0.491 e. The summed E-state index contributed by atoms with van der Waals surface area (Å²) in [5, 5.41) is 8.78. The molecule has 1 amide bonds. The van der Waals surface area contributed by atoms with E-state index in [1.54, 1.807) is 24.6 Å².